The standard InChI is InChI=1S/C17H14BrClN2/c18-14-3-1-12-8-15(4-2-11(12)7-14)21-16-5-6-17(19)13(9-16)10-20/h1,3,5-7,9,15,21H,2,4,8H2. The number of nitrogens with one attached hydrogen (secondary N) is 1. The quantitative estimate of drug-likeness (QED) is 0.822. The zero-order valence-corrected chi connectivity index (χ0v) is 13.7. The van der Waals surface area contributed by atoms with Crippen molar-refractivity contribution in [1.82, 2.24) is 0 Å². The lowest BCUT2D eigenvalue weighted by atomic mass is 9.88. The lowest BCUT2D eigenvalue weighted by molar-refractivity contribution is 0.610. The predicted octanol–water partition coefficient (Wildman–Crippen LogP) is 4.94. The highest BCUT2D eigenvalue weighted by Crippen LogP contribution is 2.27. The highest BCUT2D eigenvalue weighted by atomic mass is 79.9. The molecule has 1 aliphatic carbocycles. The molecule has 0 aromatic heterocycles. The van der Waals surface area contributed by atoms with Gasteiger partial charge in [-0.05, 0) is 60.7 Å². The molecular formula is C17H14BrClN2. The van der Waals surface area contributed by atoms with Crippen molar-refractivity contribution in [2.24, 2.45) is 0 Å². The number of hydrogen-bond donors (Lipinski definition) is 1. The van der Waals surface area contributed by atoms with Gasteiger partial charge >= 0.3 is 0 Å². The van der Waals surface area contributed by atoms with E-state index in [9.17, 15) is 0 Å². The minimum atomic E-state index is 0.395. The SMILES string of the molecule is N#Cc1cc(NC2CCc3cc(Br)ccc3C2)ccc1Cl. The number of rotatable bonds is 2. The average molecular weight is 362 g/mol. The van der Waals surface area contributed by atoms with Crippen molar-refractivity contribution < 1.29 is 0 Å². The van der Waals surface area contributed by atoms with Gasteiger partial charge in [0.15, 0.2) is 0 Å². The van der Waals surface area contributed by atoms with Crippen molar-refractivity contribution >= 4 is 33.2 Å². The molecule has 106 valence electrons. The van der Waals surface area contributed by atoms with E-state index >= 15 is 0 Å². The first-order chi connectivity index (χ1) is 10.2. The molecule has 0 fully saturated rings. The first kappa shape index (κ1) is 14.4. The topological polar surface area (TPSA) is 35.8 Å². The van der Waals surface area contributed by atoms with Gasteiger partial charge in [-0.1, -0.05) is 33.6 Å². The Kier molecular flexibility index (Phi) is 4.19. The number of nitriles is 1. The first-order valence-electron chi connectivity index (χ1n) is 6.89. The van der Waals surface area contributed by atoms with Crippen LogP contribution in [0, 0.1) is 11.3 Å². The second-order valence-corrected chi connectivity index (χ2v) is 6.63. The molecule has 1 unspecified atom stereocenters. The van der Waals surface area contributed by atoms with E-state index in [0.717, 1.165) is 29.4 Å². The molecule has 0 saturated carbocycles. The van der Waals surface area contributed by atoms with Crippen molar-refractivity contribution in [3.8, 4) is 6.07 Å². The van der Waals surface area contributed by atoms with E-state index in [-0.39, 0.29) is 0 Å². The Bertz CT molecular complexity index is 721. The summed E-state index contributed by atoms with van der Waals surface area (Å²) in [6, 6.07) is 14.5. The van der Waals surface area contributed by atoms with E-state index in [1.165, 1.54) is 11.1 Å². The minimum Gasteiger partial charge on any atom is -0.382 e. The third kappa shape index (κ3) is 3.23. The molecule has 0 spiro atoms. The molecule has 1 aliphatic rings. The molecule has 0 radical (unpaired) electrons. The summed E-state index contributed by atoms with van der Waals surface area (Å²) in [6.07, 6.45) is 3.17. The van der Waals surface area contributed by atoms with Crippen LogP contribution >= 0.6 is 27.5 Å². The second kappa shape index (κ2) is 6.09. The molecule has 0 heterocycles. The summed E-state index contributed by atoms with van der Waals surface area (Å²) in [7, 11) is 0. The predicted molar refractivity (Wildman–Crippen MR) is 89.7 cm³/mol. The summed E-state index contributed by atoms with van der Waals surface area (Å²) in [5, 5.41) is 13.1. The maximum Gasteiger partial charge on any atom is 0.101 e. The maximum absolute atomic E-state index is 9.04. The van der Waals surface area contributed by atoms with Crippen molar-refractivity contribution in [2.75, 3.05) is 5.32 Å². The number of nitrogens with zero attached hydrogens (tertiary/aromatic N) is 1. The Hall–Kier alpha value is -1.50. The normalized spacial score (nSPS) is 16.9. The highest BCUT2D eigenvalue weighted by Gasteiger charge is 2.18. The van der Waals surface area contributed by atoms with E-state index in [2.05, 4.69) is 45.5 Å². The molecule has 2 aromatic carbocycles. The van der Waals surface area contributed by atoms with E-state index in [1.54, 1.807) is 6.07 Å². The van der Waals surface area contributed by atoms with Gasteiger partial charge < -0.3 is 5.32 Å². The number of benzene rings is 2. The third-order valence-corrected chi connectivity index (χ3v) is 4.68. The molecule has 0 saturated heterocycles. The fraction of sp³-hybridized carbons (Fsp3) is 0.235. The van der Waals surface area contributed by atoms with Crippen LogP contribution in [0.3, 0.4) is 0 Å². The van der Waals surface area contributed by atoms with Gasteiger partial charge in [0, 0.05) is 16.2 Å². The van der Waals surface area contributed by atoms with Crippen molar-refractivity contribution in [3.05, 3.63) is 62.6 Å². The Balaban J connectivity index is 1.75. The zero-order chi connectivity index (χ0) is 14.8. The van der Waals surface area contributed by atoms with E-state index in [0.29, 0.717) is 16.6 Å². The van der Waals surface area contributed by atoms with Gasteiger partial charge in [-0.3, -0.25) is 0 Å². The smallest absolute Gasteiger partial charge is 0.101 e. The molecule has 1 atom stereocenters. The van der Waals surface area contributed by atoms with Crippen LogP contribution in [0.5, 0.6) is 0 Å². The largest absolute Gasteiger partial charge is 0.382 e. The Morgan fingerprint density at radius 3 is 2.86 bits per heavy atom. The van der Waals surface area contributed by atoms with Crippen LogP contribution in [0.4, 0.5) is 5.69 Å². The molecule has 1 N–H and O–H groups in total. The summed E-state index contributed by atoms with van der Waals surface area (Å²) >= 11 is 9.49. The average Bonchev–Trinajstić information content (AvgIpc) is 2.49. The highest BCUT2D eigenvalue weighted by molar-refractivity contribution is 9.10. The van der Waals surface area contributed by atoms with E-state index in [1.807, 2.05) is 12.1 Å². The van der Waals surface area contributed by atoms with Gasteiger partial charge in [-0.25, -0.2) is 0 Å². The number of anilines is 1. The summed E-state index contributed by atoms with van der Waals surface area (Å²) in [4.78, 5) is 0. The van der Waals surface area contributed by atoms with E-state index in [4.69, 9.17) is 16.9 Å². The molecule has 0 amide bonds. The zero-order valence-electron chi connectivity index (χ0n) is 11.4. The molecule has 21 heavy (non-hydrogen) atoms. The van der Waals surface area contributed by atoms with Crippen LogP contribution < -0.4 is 5.32 Å². The van der Waals surface area contributed by atoms with Gasteiger partial charge in [-0.15, -0.1) is 0 Å². The molecule has 2 nitrogen and oxygen atoms in total. The summed E-state index contributed by atoms with van der Waals surface area (Å²) in [5.74, 6) is 0. The van der Waals surface area contributed by atoms with Gasteiger partial charge in [0.25, 0.3) is 0 Å². The lowest BCUT2D eigenvalue weighted by Gasteiger charge is -2.26. The molecular weight excluding hydrogens is 348 g/mol. The number of halogens is 2. The lowest BCUT2D eigenvalue weighted by Crippen LogP contribution is -2.27. The number of aryl methyl sites for hydroxylation is 1. The van der Waals surface area contributed by atoms with Crippen LogP contribution in [0.1, 0.15) is 23.1 Å². The fourth-order valence-corrected chi connectivity index (χ4v) is 3.35. The Labute approximate surface area is 137 Å². The Morgan fingerprint density at radius 2 is 2.05 bits per heavy atom. The first-order valence-corrected chi connectivity index (χ1v) is 8.06. The van der Waals surface area contributed by atoms with Gasteiger partial charge in [0.05, 0.1) is 10.6 Å². The minimum absolute atomic E-state index is 0.395. The van der Waals surface area contributed by atoms with Crippen molar-refractivity contribution in [1.29, 1.82) is 5.26 Å². The van der Waals surface area contributed by atoms with Crippen LogP contribution in [-0.4, -0.2) is 6.04 Å². The molecule has 3 rings (SSSR count). The van der Waals surface area contributed by atoms with Crippen LogP contribution in [0.15, 0.2) is 40.9 Å². The van der Waals surface area contributed by atoms with Gasteiger partial charge in [0.2, 0.25) is 0 Å². The van der Waals surface area contributed by atoms with Crippen LogP contribution in [0.2, 0.25) is 5.02 Å². The molecule has 2 aromatic rings. The molecule has 4 heteroatoms. The monoisotopic (exact) mass is 360 g/mol. The third-order valence-electron chi connectivity index (χ3n) is 3.85. The summed E-state index contributed by atoms with van der Waals surface area (Å²) < 4.78 is 1.14. The van der Waals surface area contributed by atoms with Crippen molar-refractivity contribution in [3.63, 3.8) is 0 Å². The van der Waals surface area contributed by atoms with Gasteiger partial charge in [0.1, 0.15) is 6.07 Å². The summed E-state index contributed by atoms with van der Waals surface area (Å²) in [5.41, 5.74) is 4.30. The fourth-order valence-electron chi connectivity index (χ4n) is 2.78. The Morgan fingerprint density at radius 1 is 1.19 bits per heavy atom. The maximum atomic E-state index is 9.04. The van der Waals surface area contributed by atoms with Crippen LogP contribution in [0.25, 0.3) is 0 Å². The molecule has 0 aliphatic heterocycles. The second-order valence-electron chi connectivity index (χ2n) is 5.30. The molecule has 0 bridgehead atoms. The summed E-state index contributed by atoms with van der Waals surface area (Å²) in [6.45, 7) is 0. The van der Waals surface area contributed by atoms with Crippen LogP contribution in [-0.2, 0) is 12.8 Å². The van der Waals surface area contributed by atoms with E-state index < -0.39 is 0 Å². The van der Waals surface area contributed by atoms with Crippen molar-refractivity contribution in [2.45, 2.75) is 25.3 Å². The number of fused-ring (bicyclic) bond motifs is 1. The van der Waals surface area contributed by atoms with Gasteiger partial charge in [-0.2, -0.15) is 5.26 Å². The number of hydrogen-bond acceptors (Lipinski definition) is 2.